The number of anilines is 1. The van der Waals surface area contributed by atoms with E-state index in [1.165, 1.54) is 0 Å². The normalized spacial score (nSPS) is 29.0. The van der Waals surface area contributed by atoms with E-state index in [9.17, 15) is 19.5 Å². The van der Waals surface area contributed by atoms with Gasteiger partial charge in [-0.25, -0.2) is 0 Å². The number of allylic oxidation sites excluding steroid dienone is 2. The van der Waals surface area contributed by atoms with Gasteiger partial charge in [0.25, 0.3) is 11.8 Å². The third-order valence-electron chi connectivity index (χ3n) is 9.88. The Morgan fingerprint density at radius 2 is 1.70 bits per heavy atom. The number of aromatic hydroxyl groups is 1. The molecule has 7 rings (SSSR count). The number of amides is 4. The zero-order valence-corrected chi connectivity index (χ0v) is 24.4. The number of hydrogen-bond acceptors (Lipinski definition) is 7. The number of nitrogens with one attached hydrogen (secondary N) is 2. The van der Waals surface area contributed by atoms with E-state index in [2.05, 4.69) is 10.7 Å². The summed E-state index contributed by atoms with van der Waals surface area (Å²) in [6.45, 7) is 4.09. The van der Waals surface area contributed by atoms with Crippen molar-refractivity contribution in [3.8, 4) is 11.5 Å². The topological polar surface area (TPSA) is 125 Å². The van der Waals surface area contributed by atoms with Crippen molar-refractivity contribution in [2.24, 2.45) is 23.7 Å². The van der Waals surface area contributed by atoms with E-state index in [4.69, 9.17) is 4.74 Å². The summed E-state index contributed by atoms with van der Waals surface area (Å²) < 4.78 is 5.76. The smallest absolute Gasteiger partial charge is 0.260 e. The van der Waals surface area contributed by atoms with Crippen LogP contribution in [0.5, 0.6) is 11.5 Å². The van der Waals surface area contributed by atoms with Crippen LogP contribution < -0.4 is 15.5 Å². The molecular formula is C35H33N3O6. The van der Waals surface area contributed by atoms with Gasteiger partial charge >= 0.3 is 0 Å². The minimum Gasteiger partial charge on any atom is -0.504 e. The fourth-order valence-electron chi connectivity index (χ4n) is 8.05. The van der Waals surface area contributed by atoms with Crippen LogP contribution in [-0.2, 0) is 24.6 Å². The van der Waals surface area contributed by atoms with Crippen molar-refractivity contribution in [2.45, 2.75) is 38.0 Å². The first-order valence-corrected chi connectivity index (χ1v) is 15.0. The van der Waals surface area contributed by atoms with Crippen LogP contribution in [0.25, 0.3) is 0 Å². The standard InChI is InChI=1S/C35H33N3O6/c1-3-44-27-11-7-10-24(30(27)39)29-22-16-17-23-28(32(41)36-31(23)40)25(22)18-26-33(42)38(37-21-14-12-19(2)13-15-21)34(43)35(26,29)20-8-5-4-6-9-20/h4-16,23,25-26,28-29,37,39H,3,17-18H2,1-2H3,(H,36,40,41). The summed E-state index contributed by atoms with van der Waals surface area (Å²) in [5.41, 5.74) is 5.08. The average molecular weight is 592 g/mol. The van der Waals surface area contributed by atoms with Crippen LogP contribution in [0, 0.1) is 30.6 Å². The summed E-state index contributed by atoms with van der Waals surface area (Å²) in [7, 11) is 0. The molecule has 2 aliphatic heterocycles. The summed E-state index contributed by atoms with van der Waals surface area (Å²) in [5.74, 6) is -4.80. The molecule has 4 amide bonds. The summed E-state index contributed by atoms with van der Waals surface area (Å²) >= 11 is 0. The number of aryl methyl sites for hydroxylation is 1. The number of para-hydroxylation sites is 1. The molecule has 3 aromatic rings. The molecule has 2 saturated heterocycles. The van der Waals surface area contributed by atoms with Gasteiger partial charge in [-0.1, -0.05) is 71.8 Å². The molecule has 6 atom stereocenters. The fourth-order valence-corrected chi connectivity index (χ4v) is 8.05. The van der Waals surface area contributed by atoms with Crippen molar-refractivity contribution >= 4 is 29.3 Å². The third-order valence-corrected chi connectivity index (χ3v) is 9.88. The van der Waals surface area contributed by atoms with Crippen molar-refractivity contribution < 1.29 is 29.0 Å². The molecule has 9 nitrogen and oxygen atoms in total. The molecule has 0 spiro atoms. The number of benzene rings is 3. The van der Waals surface area contributed by atoms with Gasteiger partial charge in [-0.3, -0.25) is 29.9 Å². The van der Waals surface area contributed by atoms with Gasteiger partial charge in [0.1, 0.15) is 0 Å². The molecule has 0 radical (unpaired) electrons. The predicted octanol–water partition coefficient (Wildman–Crippen LogP) is 4.37. The Morgan fingerprint density at radius 3 is 2.43 bits per heavy atom. The maximum absolute atomic E-state index is 15.0. The monoisotopic (exact) mass is 591 g/mol. The lowest BCUT2D eigenvalue weighted by Crippen LogP contribution is -2.53. The van der Waals surface area contributed by atoms with Crippen molar-refractivity contribution in [2.75, 3.05) is 12.0 Å². The van der Waals surface area contributed by atoms with Gasteiger partial charge in [0, 0.05) is 11.5 Å². The quantitative estimate of drug-likeness (QED) is 0.287. The van der Waals surface area contributed by atoms with Gasteiger partial charge in [-0.15, -0.1) is 0 Å². The van der Waals surface area contributed by atoms with E-state index in [-0.39, 0.29) is 29.7 Å². The van der Waals surface area contributed by atoms with Crippen molar-refractivity contribution in [3.05, 3.63) is 101 Å². The van der Waals surface area contributed by atoms with E-state index in [1.54, 1.807) is 18.2 Å². The van der Waals surface area contributed by atoms with Crippen molar-refractivity contribution in [3.63, 3.8) is 0 Å². The highest BCUT2D eigenvalue weighted by Gasteiger charge is 2.70. The zero-order valence-electron chi connectivity index (χ0n) is 24.4. The maximum atomic E-state index is 15.0. The average Bonchev–Trinajstić information content (AvgIpc) is 3.44. The van der Waals surface area contributed by atoms with Crippen LogP contribution in [0.4, 0.5) is 5.69 Å². The van der Waals surface area contributed by atoms with Crippen LogP contribution in [-0.4, -0.2) is 40.4 Å². The summed E-state index contributed by atoms with van der Waals surface area (Å²) in [5, 5.41) is 15.3. The number of hydrogen-bond donors (Lipinski definition) is 3. The Hall–Kier alpha value is -4.92. The van der Waals surface area contributed by atoms with Gasteiger partial charge in [0.15, 0.2) is 11.5 Å². The fraction of sp³-hybridized carbons (Fsp3) is 0.314. The largest absolute Gasteiger partial charge is 0.504 e. The first-order valence-electron chi connectivity index (χ1n) is 15.0. The van der Waals surface area contributed by atoms with Gasteiger partial charge < -0.3 is 9.84 Å². The molecule has 2 aliphatic carbocycles. The Bertz CT molecular complexity index is 1720. The molecule has 44 heavy (non-hydrogen) atoms. The summed E-state index contributed by atoms with van der Waals surface area (Å²) in [6, 6.07) is 21.8. The number of imide groups is 2. The van der Waals surface area contributed by atoms with Crippen LogP contribution in [0.1, 0.15) is 42.4 Å². The van der Waals surface area contributed by atoms with Crippen LogP contribution >= 0.6 is 0 Å². The number of phenolic OH excluding ortho intramolecular Hbond substituents is 1. The molecule has 0 bridgehead atoms. The highest BCUT2D eigenvalue weighted by Crippen LogP contribution is 2.64. The number of rotatable bonds is 6. The van der Waals surface area contributed by atoms with Crippen molar-refractivity contribution in [1.82, 2.24) is 10.3 Å². The van der Waals surface area contributed by atoms with Gasteiger partial charge in [0.05, 0.1) is 35.5 Å². The molecule has 3 aromatic carbocycles. The highest BCUT2D eigenvalue weighted by atomic mass is 16.5. The van der Waals surface area contributed by atoms with Crippen LogP contribution in [0.3, 0.4) is 0 Å². The van der Waals surface area contributed by atoms with Gasteiger partial charge in [-0.2, -0.15) is 5.01 Å². The number of ether oxygens (including phenoxy) is 1. The molecule has 4 aliphatic rings. The lowest BCUT2D eigenvalue weighted by atomic mass is 9.49. The lowest BCUT2D eigenvalue weighted by molar-refractivity contribution is -0.138. The first kappa shape index (κ1) is 27.9. The van der Waals surface area contributed by atoms with E-state index in [1.807, 2.05) is 74.5 Å². The summed E-state index contributed by atoms with van der Waals surface area (Å²) in [4.78, 5) is 55.6. The first-order chi connectivity index (χ1) is 21.3. The molecule has 224 valence electrons. The Balaban J connectivity index is 1.48. The molecule has 3 N–H and O–H groups in total. The van der Waals surface area contributed by atoms with E-state index < -0.39 is 46.8 Å². The van der Waals surface area contributed by atoms with Gasteiger partial charge in [0.2, 0.25) is 11.8 Å². The number of fused-ring (bicyclic) bond motifs is 4. The number of hydrazine groups is 1. The number of carbonyl (C=O) groups is 4. The second-order valence-electron chi connectivity index (χ2n) is 12.1. The molecule has 1 saturated carbocycles. The molecule has 6 unspecified atom stereocenters. The van der Waals surface area contributed by atoms with E-state index in [0.29, 0.717) is 29.8 Å². The SMILES string of the molecule is CCOc1cccc(C2C3=CCC4C(=O)NC(=O)C4C3CC3C(=O)N(Nc4ccc(C)cc4)C(=O)C32c2ccccc2)c1O. The van der Waals surface area contributed by atoms with Gasteiger partial charge in [-0.05, 0) is 56.4 Å². The molecular weight excluding hydrogens is 558 g/mol. The predicted molar refractivity (Wildman–Crippen MR) is 161 cm³/mol. The number of carbonyl (C=O) groups excluding carboxylic acids is 4. The maximum Gasteiger partial charge on any atom is 0.260 e. The number of nitrogens with zero attached hydrogens (tertiary/aromatic N) is 1. The second-order valence-corrected chi connectivity index (χ2v) is 12.1. The number of phenols is 1. The third kappa shape index (κ3) is 3.91. The minimum absolute atomic E-state index is 0.116. The second kappa shape index (κ2) is 10.4. The lowest BCUT2D eigenvalue weighted by Gasteiger charge is -2.50. The van der Waals surface area contributed by atoms with E-state index in [0.717, 1.165) is 16.1 Å². The van der Waals surface area contributed by atoms with Crippen LogP contribution in [0.15, 0.2) is 84.4 Å². The Kier molecular flexibility index (Phi) is 6.57. The minimum atomic E-state index is -1.45. The van der Waals surface area contributed by atoms with E-state index >= 15 is 4.79 Å². The Labute approximate surface area is 254 Å². The molecule has 2 heterocycles. The van der Waals surface area contributed by atoms with Crippen LogP contribution in [0.2, 0.25) is 0 Å². The Morgan fingerprint density at radius 1 is 0.955 bits per heavy atom. The molecule has 9 heteroatoms. The highest BCUT2D eigenvalue weighted by molar-refractivity contribution is 6.13. The summed E-state index contributed by atoms with van der Waals surface area (Å²) in [6.07, 6.45) is 2.47. The van der Waals surface area contributed by atoms with Crippen molar-refractivity contribution in [1.29, 1.82) is 0 Å². The molecule has 3 fully saturated rings. The molecule has 0 aromatic heterocycles. The zero-order chi connectivity index (χ0) is 30.7.